The molecular weight excluding hydrogens is 308 g/mol. The van der Waals surface area contributed by atoms with Crippen LogP contribution in [0.5, 0.6) is 5.75 Å². The lowest BCUT2D eigenvalue weighted by Gasteiger charge is -2.03. The van der Waals surface area contributed by atoms with Gasteiger partial charge in [0.05, 0.1) is 24.3 Å². The fourth-order valence-corrected chi connectivity index (χ4v) is 2.06. The molecule has 0 spiro atoms. The monoisotopic (exact) mass is 320 g/mol. The van der Waals surface area contributed by atoms with Gasteiger partial charge in [-0.15, -0.1) is 10.2 Å². The smallest absolute Gasteiger partial charge is 0.313 e. The summed E-state index contributed by atoms with van der Waals surface area (Å²) >= 11 is 0. The number of carbonyl (C=O) groups is 1. The minimum absolute atomic E-state index is 0.166. The molecule has 0 aliphatic heterocycles. The van der Waals surface area contributed by atoms with Gasteiger partial charge in [0.25, 0.3) is 5.89 Å². The van der Waals surface area contributed by atoms with Crippen molar-refractivity contribution in [3.8, 4) is 23.3 Å². The molecule has 1 heterocycles. The summed E-state index contributed by atoms with van der Waals surface area (Å²) in [7, 11) is 1.54. The standard InChI is InChI=1S/C17H12N4O3/c1-23-14-5-3-2-4-13(14)16-20-21-17(24-16)15(22)19-12-8-6-11(10-18)7-9-12/h2-9H,1H3,(H,19,22). The second-order valence-corrected chi connectivity index (χ2v) is 4.76. The minimum Gasteiger partial charge on any atom is -0.496 e. The molecule has 1 amide bonds. The van der Waals surface area contributed by atoms with Crippen LogP contribution >= 0.6 is 0 Å². The van der Waals surface area contributed by atoms with Crippen LogP contribution in [0.3, 0.4) is 0 Å². The number of nitrogens with one attached hydrogen (secondary N) is 1. The quantitative estimate of drug-likeness (QED) is 0.793. The van der Waals surface area contributed by atoms with Crippen molar-refractivity contribution in [2.75, 3.05) is 12.4 Å². The zero-order chi connectivity index (χ0) is 16.9. The molecule has 0 unspecified atom stereocenters. The number of benzene rings is 2. The van der Waals surface area contributed by atoms with Crippen molar-refractivity contribution in [2.45, 2.75) is 0 Å². The zero-order valence-electron chi connectivity index (χ0n) is 12.7. The Hall–Kier alpha value is -3.66. The van der Waals surface area contributed by atoms with Gasteiger partial charge < -0.3 is 14.5 Å². The maximum Gasteiger partial charge on any atom is 0.313 e. The van der Waals surface area contributed by atoms with Crippen LogP contribution in [-0.2, 0) is 0 Å². The number of amides is 1. The van der Waals surface area contributed by atoms with Crippen LogP contribution < -0.4 is 10.1 Å². The lowest BCUT2D eigenvalue weighted by Crippen LogP contribution is -2.12. The Morgan fingerprint density at radius 3 is 2.62 bits per heavy atom. The van der Waals surface area contributed by atoms with Crippen molar-refractivity contribution in [1.82, 2.24) is 10.2 Å². The largest absolute Gasteiger partial charge is 0.496 e. The van der Waals surface area contributed by atoms with Gasteiger partial charge in [-0.05, 0) is 36.4 Å². The summed E-state index contributed by atoms with van der Waals surface area (Å²) in [6.45, 7) is 0. The highest BCUT2D eigenvalue weighted by Crippen LogP contribution is 2.28. The SMILES string of the molecule is COc1ccccc1-c1nnc(C(=O)Nc2ccc(C#N)cc2)o1. The third-order valence-corrected chi connectivity index (χ3v) is 3.23. The molecule has 0 aliphatic carbocycles. The van der Waals surface area contributed by atoms with Crippen LogP contribution in [0.25, 0.3) is 11.5 Å². The Bertz CT molecular complexity index is 910. The second-order valence-electron chi connectivity index (χ2n) is 4.76. The molecule has 1 N–H and O–H groups in total. The number of nitrogens with zero attached hydrogens (tertiary/aromatic N) is 3. The van der Waals surface area contributed by atoms with E-state index in [1.54, 1.807) is 42.5 Å². The number of hydrogen-bond donors (Lipinski definition) is 1. The average molecular weight is 320 g/mol. The van der Waals surface area contributed by atoms with Crippen LogP contribution in [0.2, 0.25) is 0 Å². The molecule has 0 atom stereocenters. The molecule has 3 aromatic rings. The number of hydrogen-bond acceptors (Lipinski definition) is 6. The van der Waals surface area contributed by atoms with Gasteiger partial charge in [-0.25, -0.2) is 0 Å². The van der Waals surface area contributed by atoms with Gasteiger partial charge in [0.1, 0.15) is 5.75 Å². The van der Waals surface area contributed by atoms with E-state index in [0.717, 1.165) is 0 Å². The van der Waals surface area contributed by atoms with E-state index in [1.807, 2.05) is 12.1 Å². The third-order valence-electron chi connectivity index (χ3n) is 3.23. The summed E-state index contributed by atoms with van der Waals surface area (Å²) in [5, 5.41) is 19.0. The molecule has 24 heavy (non-hydrogen) atoms. The van der Waals surface area contributed by atoms with E-state index >= 15 is 0 Å². The highest BCUT2D eigenvalue weighted by atomic mass is 16.5. The molecule has 0 bridgehead atoms. The van der Waals surface area contributed by atoms with E-state index in [2.05, 4.69) is 15.5 Å². The van der Waals surface area contributed by atoms with Crippen LogP contribution in [0.4, 0.5) is 5.69 Å². The number of ether oxygens (including phenoxy) is 1. The van der Waals surface area contributed by atoms with Gasteiger partial charge in [-0.1, -0.05) is 12.1 Å². The number of carbonyl (C=O) groups excluding carboxylic acids is 1. The Morgan fingerprint density at radius 1 is 1.17 bits per heavy atom. The number of aromatic nitrogens is 2. The highest BCUT2D eigenvalue weighted by Gasteiger charge is 2.18. The van der Waals surface area contributed by atoms with E-state index in [1.165, 1.54) is 7.11 Å². The Balaban J connectivity index is 1.79. The van der Waals surface area contributed by atoms with E-state index in [0.29, 0.717) is 22.6 Å². The van der Waals surface area contributed by atoms with Crippen molar-refractivity contribution in [2.24, 2.45) is 0 Å². The number of rotatable bonds is 4. The number of anilines is 1. The Labute approximate surface area is 137 Å². The predicted octanol–water partition coefficient (Wildman–Crippen LogP) is 2.87. The third kappa shape index (κ3) is 3.08. The predicted molar refractivity (Wildman–Crippen MR) is 85.4 cm³/mol. The number of para-hydroxylation sites is 1. The molecule has 0 aliphatic rings. The Morgan fingerprint density at radius 2 is 1.92 bits per heavy atom. The summed E-state index contributed by atoms with van der Waals surface area (Å²) in [4.78, 5) is 12.2. The van der Waals surface area contributed by atoms with E-state index in [-0.39, 0.29) is 11.8 Å². The molecule has 0 saturated heterocycles. The molecule has 3 rings (SSSR count). The van der Waals surface area contributed by atoms with E-state index in [4.69, 9.17) is 14.4 Å². The molecule has 1 aromatic heterocycles. The molecule has 0 radical (unpaired) electrons. The molecule has 7 heteroatoms. The average Bonchev–Trinajstić information content (AvgIpc) is 3.12. The zero-order valence-corrected chi connectivity index (χ0v) is 12.7. The van der Waals surface area contributed by atoms with Crippen LogP contribution in [0.15, 0.2) is 52.9 Å². The topological polar surface area (TPSA) is 101 Å². The molecule has 118 valence electrons. The van der Waals surface area contributed by atoms with Crippen LogP contribution in [-0.4, -0.2) is 23.2 Å². The maximum absolute atomic E-state index is 12.2. The summed E-state index contributed by atoms with van der Waals surface area (Å²) in [6.07, 6.45) is 0. The highest BCUT2D eigenvalue weighted by molar-refractivity contribution is 6.01. The van der Waals surface area contributed by atoms with Gasteiger partial charge in [0, 0.05) is 5.69 Å². The van der Waals surface area contributed by atoms with Crippen molar-refractivity contribution < 1.29 is 13.9 Å². The lowest BCUT2D eigenvalue weighted by atomic mass is 10.2. The lowest BCUT2D eigenvalue weighted by molar-refractivity contribution is 0.0991. The van der Waals surface area contributed by atoms with Crippen molar-refractivity contribution in [3.05, 3.63) is 60.0 Å². The van der Waals surface area contributed by atoms with Crippen molar-refractivity contribution in [1.29, 1.82) is 5.26 Å². The first-order valence-electron chi connectivity index (χ1n) is 6.99. The summed E-state index contributed by atoms with van der Waals surface area (Å²) in [5.41, 5.74) is 1.63. The van der Waals surface area contributed by atoms with Crippen LogP contribution in [0.1, 0.15) is 16.2 Å². The molecule has 2 aromatic carbocycles. The van der Waals surface area contributed by atoms with Gasteiger partial charge in [0.2, 0.25) is 0 Å². The molecular formula is C17H12N4O3. The van der Waals surface area contributed by atoms with Gasteiger partial charge in [0.15, 0.2) is 0 Å². The fraction of sp³-hybridized carbons (Fsp3) is 0.0588. The Kier molecular flexibility index (Phi) is 4.21. The summed E-state index contributed by atoms with van der Waals surface area (Å²) in [5.74, 6) is 0.0613. The minimum atomic E-state index is -0.534. The molecule has 0 fully saturated rings. The van der Waals surface area contributed by atoms with E-state index in [9.17, 15) is 4.79 Å². The van der Waals surface area contributed by atoms with E-state index < -0.39 is 5.91 Å². The molecule has 0 saturated carbocycles. The normalized spacial score (nSPS) is 10.0. The second kappa shape index (κ2) is 6.62. The number of nitriles is 1. The number of methoxy groups -OCH3 is 1. The first-order chi connectivity index (χ1) is 11.7. The van der Waals surface area contributed by atoms with Crippen LogP contribution in [0, 0.1) is 11.3 Å². The van der Waals surface area contributed by atoms with Gasteiger partial charge in [-0.2, -0.15) is 5.26 Å². The van der Waals surface area contributed by atoms with Crippen molar-refractivity contribution in [3.63, 3.8) is 0 Å². The first-order valence-corrected chi connectivity index (χ1v) is 6.99. The molecule has 7 nitrogen and oxygen atoms in total. The van der Waals surface area contributed by atoms with Gasteiger partial charge in [-0.3, -0.25) is 4.79 Å². The van der Waals surface area contributed by atoms with Crippen molar-refractivity contribution >= 4 is 11.6 Å². The van der Waals surface area contributed by atoms with Gasteiger partial charge >= 0.3 is 11.8 Å². The first kappa shape index (κ1) is 15.2. The maximum atomic E-state index is 12.2. The summed E-state index contributed by atoms with van der Waals surface area (Å²) in [6, 6.07) is 15.6. The fourth-order valence-electron chi connectivity index (χ4n) is 2.06. The summed E-state index contributed by atoms with van der Waals surface area (Å²) < 4.78 is 10.7.